The van der Waals surface area contributed by atoms with Gasteiger partial charge in [-0.2, -0.15) is 0 Å². The Hall–Kier alpha value is -0.640. The number of isothiocyanates is 1. The summed E-state index contributed by atoms with van der Waals surface area (Å²) in [4.78, 5) is 3.71. The molecule has 0 atom stereocenters. The molecule has 0 saturated heterocycles. The Bertz CT molecular complexity index is 157. The third-order valence-electron chi connectivity index (χ3n) is 0.715. The van der Waals surface area contributed by atoms with Crippen LogP contribution in [0.1, 0.15) is 19.8 Å². The maximum Gasteiger partial charge on any atom is 0.0602 e. The maximum atomic E-state index is 4.37. The van der Waals surface area contributed by atoms with Gasteiger partial charge >= 0.3 is 0 Å². The van der Waals surface area contributed by atoms with E-state index in [0.717, 1.165) is 12.8 Å². The molecule has 9 heavy (non-hydrogen) atoms. The van der Waals surface area contributed by atoms with E-state index < -0.39 is 0 Å². The van der Waals surface area contributed by atoms with E-state index in [-0.39, 0.29) is 0 Å². The molecule has 0 heterocycles. The van der Waals surface area contributed by atoms with Gasteiger partial charge in [-0.3, -0.25) is 0 Å². The van der Waals surface area contributed by atoms with Crippen LogP contribution in [-0.2, 0) is 0 Å². The predicted molar refractivity (Wildman–Crippen MR) is 42.6 cm³/mol. The molecule has 0 rings (SSSR count). The highest BCUT2D eigenvalue weighted by atomic mass is 32.1. The maximum absolute atomic E-state index is 4.37. The zero-order chi connectivity index (χ0) is 6.95. The second-order valence-corrected chi connectivity index (χ2v) is 1.61. The van der Waals surface area contributed by atoms with Crippen LogP contribution in [-0.4, -0.2) is 11.7 Å². The second-order valence-electron chi connectivity index (χ2n) is 1.43. The Morgan fingerprint density at radius 1 is 1.44 bits per heavy atom. The standard InChI is InChI=1S/C7H9NS/c1-2-3-4-5-6-8-7-9/h2,5-6H2,1H3. The van der Waals surface area contributed by atoms with E-state index >= 15 is 0 Å². The van der Waals surface area contributed by atoms with E-state index in [0.29, 0.717) is 6.54 Å². The van der Waals surface area contributed by atoms with E-state index in [1.807, 2.05) is 6.92 Å². The molecule has 0 aliphatic carbocycles. The minimum Gasteiger partial charge on any atom is -0.232 e. The highest BCUT2D eigenvalue weighted by Crippen LogP contribution is 1.76. The molecule has 0 radical (unpaired) electrons. The Morgan fingerprint density at radius 2 is 2.22 bits per heavy atom. The summed E-state index contributed by atoms with van der Waals surface area (Å²) in [7, 11) is 0. The van der Waals surface area contributed by atoms with Crippen LogP contribution < -0.4 is 0 Å². The first-order valence-electron chi connectivity index (χ1n) is 2.91. The van der Waals surface area contributed by atoms with Gasteiger partial charge in [-0.1, -0.05) is 6.92 Å². The number of hydrogen-bond donors (Lipinski definition) is 0. The van der Waals surface area contributed by atoms with Gasteiger partial charge in [0.15, 0.2) is 0 Å². The van der Waals surface area contributed by atoms with Crippen LogP contribution in [0.15, 0.2) is 4.99 Å². The normalized spacial score (nSPS) is 6.78. The fourth-order valence-corrected chi connectivity index (χ4v) is 0.462. The molecular formula is C7H9NS. The molecule has 0 fully saturated rings. The van der Waals surface area contributed by atoms with Crippen molar-refractivity contribution in [3.63, 3.8) is 0 Å². The molecule has 0 aromatic rings. The van der Waals surface area contributed by atoms with Gasteiger partial charge in [-0.05, 0) is 12.2 Å². The summed E-state index contributed by atoms with van der Waals surface area (Å²) in [5, 5.41) is 2.29. The van der Waals surface area contributed by atoms with Crippen LogP contribution in [0.3, 0.4) is 0 Å². The molecule has 0 spiro atoms. The molecule has 0 unspecified atom stereocenters. The van der Waals surface area contributed by atoms with Gasteiger partial charge in [0, 0.05) is 12.8 Å². The minimum absolute atomic E-state index is 0.691. The van der Waals surface area contributed by atoms with Crippen molar-refractivity contribution in [1.29, 1.82) is 0 Å². The van der Waals surface area contributed by atoms with E-state index in [2.05, 4.69) is 34.2 Å². The summed E-state index contributed by atoms with van der Waals surface area (Å²) >= 11 is 4.37. The van der Waals surface area contributed by atoms with Crippen molar-refractivity contribution >= 4 is 17.4 Å². The third-order valence-corrected chi connectivity index (χ3v) is 0.844. The number of aliphatic imine (C=N–C) groups is 1. The Kier molecular flexibility index (Phi) is 6.84. The lowest BCUT2D eigenvalue weighted by Crippen LogP contribution is -1.73. The molecule has 48 valence electrons. The van der Waals surface area contributed by atoms with Gasteiger partial charge < -0.3 is 0 Å². The Morgan fingerprint density at radius 3 is 2.78 bits per heavy atom. The summed E-state index contributed by atoms with van der Waals surface area (Å²) in [6.07, 6.45) is 1.72. The summed E-state index contributed by atoms with van der Waals surface area (Å²) < 4.78 is 0. The summed E-state index contributed by atoms with van der Waals surface area (Å²) in [5.41, 5.74) is 0. The van der Waals surface area contributed by atoms with Gasteiger partial charge in [-0.15, -0.1) is 11.8 Å². The molecule has 2 heteroatoms. The van der Waals surface area contributed by atoms with E-state index in [1.165, 1.54) is 0 Å². The Balaban J connectivity index is 3.18. The van der Waals surface area contributed by atoms with Crippen molar-refractivity contribution in [2.24, 2.45) is 4.99 Å². The SMILES string of the molecule is CCC#CCCN=C=S. The Labute approximate surface area is 61.2 Å². The minimum atomic E-state index is 0.691. The van der Waals surface area contributed by atoms with Crippen molar-refractivity contribution in [2.45, 2.75) is 19.8 Å². The molecule has 0 aromatic carbocycles. The zero-order valence-corrected chi connectivity index (χ0v) is 6.29. The van der Waals surface area contributed by atoms with Gasteiger partial charge in [0.1, 0.15) is 0 Å². The first-order valence-corrected chi connectivity index (χ1v) is 3.32. The molecule has 0 amide bonds. The summed E-state index contributed by atoms with van der Waals surface area (Å²) in [6, 6.07) is 0. The monoisotopic (exact) mass is 139 g/mol. The topological polar surface area (TPSA) is 12.4 Å². The molecule has 0 N–H and O–H groups in total. The van der Waals surface area contributed by atoms with Crippen molar-refractivity contribution in [2.75, 3.05) is 6.54 Å². The van der Waals surface area contributed by atoms with Gasteiger partial charge in [0.2, 0.25) is 0 Å². The van der Waals surface area contributed by atoms with Crippen LogP contribution in [0.5, 0.6) is 0 Å². The highest BCUT2D eigenvalue weighted by Gasteiger charge is 1.71. The fraction of sp³-hybridized carbons (Fsp3) is 0.571. The average Bonchev–Trinajstić information content (AvgIpc) is 1.89. The molecule has 0 aromatic heterocycles. The molecule has 1 nitrogen and oxygen atoms in total. The second kappa shape index (κ2) is 7.36. The van der Waals surface area contributed by atoms with E-state index in [9.17, 15) is 0 Å². The molecular weight excluding hydrogens is 130 g/mol. The van der Waals surface area contributed by atoms with Crippen molar-refractivity contribution < 1.29 is 0 Å². The summed E-state index contributed by atoms with van der Waals surface area (Å²) in [6.45, 7) is 2.71. The van der Waals surface area contributed by atoms with Gasteiger partial charge in [0.25, 0.3) is 0 Å². The highest BCUT2D eigenvalue weighted by molar-refractivity contribution is 7.78. The fourth-order valence-electron chi connectivity index (χ4n) is 0.371. The van der Waals surface area contributed by atoms with Crippen molar-refractivity contribution in [3.05, 3.63) is 0 Å². The van der Waals surface area contributed by atoms with Crippen LogP contribution >= 0.6 is 12.2 Å². The van der Waals surface area contributed by atoms with Crippen LogP contribution in [0.2, 0.25) is 0 Å². The van der Waals surface area contributed by atoms with E-state index in [1.54, 1.807) is 0 Å². The summed E-state index contributed by atoms with van der Waals surface area (Å²) in [5.74, 6) is 5.88. The number of nitrogens with zero attached hydrogens (tertiary/aromatic N) is 1. The lowest BCUT2D eigenvalue weighted by molar-refractivity contribution is 1.04. The molecule has 0 aliphatic heterocycles. The van der Waals surface area contributed by atoms with Crippen molar-refractivity contribution in [3.8, 4) is 11.8 Å². The average molecular weight is 139 g/mol. The zero-order valence-electron chi connectivity index (χ0n) is 5.48. The predicted octanol–water partition coefficient (Wildman–Crippen LogP) is 1.89. The van der Waals surface area contributed by atoms with Gasteiger partial charge in [-0.25, -0.2) is 4.99 Å². The smallest absolute Gasteiger partial charge is 0.0602 e. The molecule has 0 aliphatic rings. The van der Waals surface area contributed by atoms with Gasteiger partial charge in [0.05, 0.1) is 11.7 Å². The first-order chi connectivity index (χ1) is 4.41. The van der Waals surface area contributed by atoms with Crippen LogP contribution in [0.4, 0.5) is 0 Å². The lowest BCUT2D eigenvalue weighted by Gasteiger charge is -1.77. The molecule has 0 saturated carbocycles. The number of hydrogen-bond acceptors (Lipinski definition) is 2. The number of thiocarbonyl (C=S) groups is 1. The van der Waals surface area contributed by atoms with Crippen molar-refractivity contribution in [1.82, 2.24) is 0 Å². The van der Waals surface area contributed by atoms with Crippen LogP contribution in [0, 0.1) is 11.8 Å². The lowest BCUT2D eigenvalue weighted by atomic mass is 10.4. The largest absolute Gasteiger partial charge is 0.232 e. The van der Waals surface area contributed by atoms with Crippen LogP contribution in [0.25, 0.3) is 0 Å². The quantitative estimate of drug-likeness (QED) is 0.246. The first kappa shape index (κ1) is 8.36. The number of rotatable bonds is 2. The van der Waals surface area contributed by atoms with E-state index in [4.69, 9.17) is 0 Å². The third kappa shape index (κ3) is 7.36. The molecule has 0 bridgehead atoms.